The van der Waals surface area contributed by atoms with Gasteiger partial charge in [0.1, 0.15) is 0 Å². The van der Waals surface area contributed by atoms with Crippen molar-refractivity contribution < 1.29 is 9.53 Å². The van der Waals surface area contributed by atoms with Gasteiger partial charge in [0.2, 0.25) is 5.91 Å². The van der Waals surface area contributed by atoms with E-state index in [-0.39, 0.29) is 30.3 Å². The van der Waals surface area contributed by atoms with Crippen LogP contribution in [0.1, 0.15) is 12.8 Å². The second-order valence-corrected chi connectivity index (χ2v) is 3.76. The number of nitrogens with one attached hydrogen (secondary N) is 2. The third-order valence-corrected chi connectivity index (χ3v) is 2.71. The average Bonchev–Trinajstić information content (AvgIpc) is 2.74. The molecule has 0 bridgehead atoms. The standard InChI is InChI=1S/C9H16N2O2.ClH/c12-9(7-1-3-10-5-7)11-8-2-4-13-6-8;/h7-8,10H,1-6H2,(H,11,12);1H/t7-,8?;/m0./s1. The Morgan fingerprint density at radius 2 is 2.29 bits per heavy atom. The van der Waals surface area contributed by atoms with Crippen molar-refractivity contribution in [3.63, 3.8) is 0 Å². The van der Waals surface area contributed by atoms with Gasteiger partial charge in [-0.2, -0.15) is 0 Å². The van der Waals surface area contributed by atoms with E-state index in [0.29, 0.717) is 6.61 Å². The lowest BCUT2D eigenvalue weighted by atomic mass is 10.1. The minimum absolute atomic E-state index is 0. The van der Waals surface area contributed by atoms with E-state index in [1.165, 1.54) is 0 Å². The first kappa shape index (κ1) is 11.8. The van der Waals surface area contributed by atoms with E-state index in [0.717, 1.165) is 32.5 Å². The topological polar surface area (TPSA) is 50.4 Å². The monoisotopic (exact) mass is 220 g/mol. The summed E-state index contributed by atoms with van der Waals surface area (Å²) >= 11 is 0. The normalized spacial score (nSPS) is 31.1. The van der Waals surface area contributed by atoms with Crippen LogP contribution in [-0.4, -0.2) is 38.3 Å². The summed E-state index contributed by atoms with van der Waals surface area (Å²) in [5, 5.41) is 6.20. The number of carbonyl (C=O) groups is 1. The Kier molecular flexibility index (Phi) is 4.65. The van der Waals surface area contributed by atoms with Gasteiger partial charge >= 0.3 is 0 Å². The summed E-state index contributed by atoms with van der Waals surface area (Å²) in [5.74, 6) is 0.376. The molecule has 5 heteroatoms. The van der Waals surface area contributed by atoms with Crippen LogP contribution in [0.3, 0.4) is 0 Å². The van der Waals surface area contributed by atoms with Crippen molar-refractivity contribution >= 4 is 18.3 Å². The molecule has 4 nitrogen and oxygen atoms in total. The summed E-state index contributed by atoms with van der Waals surface area (Å²) in [6, 6.07) is 0.257. The fourth-order valence-electron chi connectivity index (χ4n) is 1.85. The van der Waals surface area contributed by atoms with Crippen LogP contribution in [0.4, 0.5) is 0 Å². The molecule has 2 fully saturated rings. The summed E-state index contributed by atoms with van der Waals surface area (Å²) < 4.78 is 5.19. The van der Waals surface area contributed by atoms with Gasteiger partial charge in [0, 0.05) is 13.2 Å². The molecule has 0 saturated carbocycles. The predicted molar refractivity (Wildman–Crippen MR) is 55.6 cm³/mol. The zero-order valence-corrected chi connectivity index (χ0v) is 8.94. The highest BCUT2D eigenvalue weighted by atomic mass is 35.5. The quantitative estimate of drug-likeness (QED) is 0.685. The Morgan fingerprint density at radius 1 is 1.43 bits per heavy atom. The van der Waals surface area contributed by atoms with Gasteiger partial charge in [-0.25, -0.2) is 0 Å². The van der Waals surface area contributed by atoms with Crippen molar-refractivity contribution in [3.05, 3.63) is 0 Å². The van der Waals surface area contributed by atoms with Crippen molar-refractivity contribution in [1.29, 1.82) is 0 Å². The van der Waals surface area contributed by atoms with E-state index in [2.05, 4.69) is 10.6 Å². The average molecular weight is 221 g/mol. The molecule has 0 aliphatic carbocycles. The Hall–Kier alpha value is -0.320. The summed E-state index contributed by atoms with van der Waals surface area (Å²) in [7, 11) is 0. The SMILES string of the molecule is Cl.O=C(NC1CCOC1)[C@H]1CCNC1. The molecule has 1 amide bonds. The number of carbonyl (C=O) groups excluding carboxylic acids is 1. The second kappa shape index (κ2) is 5.53. The number of ether oxygens (including phenoxy) is 1. The molecule has 0 spiro atoms. The summed E-state index contributed by atoms with van der Waals surface area (Å²) in [6.07, 6.45) is 1.94. The fraction of sp³-hybridized carbons (Fsp3) is 0.889. The largest absolute Gasteiger partial charge is 0.379 e. The maximum Gasteiger partial charge on any atom is 0.224 e. The molecule has 82 valence electrons. The van der Waals surface area contributed by atoms with Gasteiger partial charge in [-0.3, -0.25) is 4.79 Å². The molecule has 2 heterocycles. The third kappa shape index (κ3) is 2.83. The van der Waals surface area contributed by atoms with Crippen LogP contribution in [0.25, 0.3) is 0 Å². The zero-order valence-electron chi connectivity index (χ0n) is 8.12. The molecule has 0 aromatic heterocycles. The van der Waals surface area contributed by atoms with Gasteiger partial charge in [-0.05, 0) is 19.4 Å². The highest BCUT2D eigenvalue weighted by Gasteiger charge is 2.25. The highest BCUT2D eigenvalue weighted by Crippen LogP contribution is 2.10. The molecule has 2 saturated heterocycles. The number of halogens is 1. The molecule has 0 radical (unpaired) electrons. The first-order valence-electron chi connectivity index (χ1n) is 4.95. The Bertz CT molecular complexity index is 189. The molecular weight excluding hydrogens is 204 g/mol. The van der Waals surface area contributed by atoms with Crippen LogP contribution < -0.4 is 10.6 Å². The maximum atomic E-state index is 11.6. The van der Waals surface area contributed by atoms with E-state index in [4.69, 9.17) is 4.74 Å². The van der Waals surface area contributed by atoms with Gasteiger partial charge in [0.25, 0.3) is 0 Å². The van der Waals surface area contributed by atoms with Crippen molar-refractivity contribution in [2.75, 3.05) is 26.3 Å². The van der Waals surface area contributed by atoms with Crippen molar-refractivity contribution in [2.24, 2.45) is 5.92 Å². The van der Waals surface area contributed by atoms with Crippen LogP contribution in [0.2, 0.25) is 0 Å². The van der Waals surface area contributed by atoms with Crippen LogP contribution in [-0.2, 0) is 9.53 Å². The molecule has 0 aromatic carbocycles. The number of hydrogen-bond acceptors (Lipinski definition) is 3. The van der Waals surface area contributed by atoms with E-state index in [1.54, 1.807) is 0 Å². The summed E-state index contributed by atoms with van der Waals surface area (Å²) in [6.45, 7) is 3.28. The van der Waals surface area contributed by atoms with Crippen LogP contribution >= 0.6 is 12.4 Å². The third-order valence-electron chi connectivity index (χ3n) is 2.71. The Morgan fingerprint density at radius 3 is 2.86 bits per heavy atom. The van der Waals surface area contributed by atoms with Gasteiger partial charge < -0.3 is 15.4 Å². The molecule has 0 aromatic rings. The summed E-state index contributed by atoms with van der Waals surface area (Å²) in [4.78, 5) is 11.6. The molecule has 14 heavy (non-hydrogen) atoms. The van der Waals surface area contributed by atoms with E-state index >= 15 is 0 Å². The van der Waals surface area contributed by atoms with Crippen molar-refractivity contribution in [1.82, 2.24) is 10.6 Å². The zero-order chi connectivity index (χ0) is 9.10. The minimum atomic E-state index is 0. The molecule has 2 rings (SSSR count). The van der Waals surface area contributed by atoms with E-state index in [1.807, 2.05) is 0 Å². The summed E-state index contributed by atoms with van der Waals surface area (Å²) in [5.41, 5.74) is 0. The van der Waals surface area contributed by atoms with Gasteiger partial charge in [-0.15, -0.1) is 12.4 Å². The van der Waals surface area contributed by atoms with Gasteiger partial charge in [0.05, 0.1) is 18.6 Å². The lowest BCUT2D eigenvalue weighted by molar-refractivity contribution is -0.125. The van der Waals surface area contributed by atoms with Gasteiger partial charge in [0.15, 0.2) is 0 Å². The highest BCUT2D eigenvalue weighted by molar-refractivity contribution is 5.85. The Balaban J connectivity index is 0.000000980. The molecule has 2 aliphatic heterocycles. The Labute approximate surface area is 90.2 Å². The molecule has 2 aliphatic rings. The van der Waals surface area contributed by atoms with Gasteiger partial charge in [-0.1, -0.05) is 0 Å². The second-order valence-electron chi connectivity index (χ2n) is 3.76. The van der Waals surface area contributed by atoms with Crippen molar-refractivity contribution in [3.8, 4) is 0 Å². The first-order chi connectivity index (χ1) is 6.36. The molecule has 1 unspecified atom stereocenters. The lowest BCUT2D eigenvalue weighted by Crippen LogP contribution is -2.39. The molecule has 2 N–H and O–H groups in total. The maximum absolute atomic E-state index is 11.6. The first-order valence-corrected chi connectivity index (χ1v) is 4.95. The number of amides is 1. The van der Waals surface area contributed by atoms with Crippen LogP contribution in [0, 0.1) is 5.92 Å². The van der Waals surface area contributed by atoms with Crippen LogP contribution in [0.5, 0.6) is 0 Å². The van der Waals surface area contributed by atoms with E-state index in [9.17, 15) is 4.79 Å². The predicted octanol–water partition coefficient (Wildman–Crippen LogP) is -0.0772. The fourth-order valence-corrected chi connectivity index (χ4v) is 1.85. The molecular formula is C9H17ClN2O2. The van der Waals surface area contributed by atoms with Crippen molar-refractivity contribution in [2.45, 2.75) is 18.9 Å². The number of hydrogen-bond donors (Lipinski definition) is 2. The van der Waals surface area contributed by atoms with Crippen LogP contribution in [0.15, 0.2) is 0 Å². The number of rotatable bonds is 2. The molecule has 2 atom stereocenters. The lowest BCUT2D eigenvalue weighted by Gasteiger charge is -2.13. The smallest absolute Gasteiger partial charge is 0.224 e. The minimum Gasteiger partial charge on any atom is -0.379 e. The van der Waals surface area contributed by atoms with E-state index < -0.39 is 0 Å².